The van der Waals surface area contributed by atoms with E-state index in [2.05, 4.69) is 25.8 Å². The summed E-state index contributed by atoms with van der Waals surface area (Å²) < 4.78 is 11.0. The molecule has 1 amide bonds. The number of aliphatic imine (C=N–C) groups is 1. The number of alkyl carbamates (subject to hydrolysis) is 1. The van der Waals surface area contributed by atoms with Crippen molar-refractivity contribution in [1.82, 2.24) is 20.9 Å². The number of nitrogens with zero attached hydrogens (tertiary/aromatic N) is 2. The molecule has 30 heavy (non-hydrogen) atoms. The minimum absolute atomic E-state index is 0. The molecule has 0 aliphatic carbocycles. The topological polar surface area (TPSA) is 87.2 Å². The van der Waals surface area contributed by atoms with Gasteiger partial charge in [-0.15, -0.1) is 24.0 Å². The van der Waals surface area contributed by atoms with E-state index in [4.69, 9.17) is 9.47 Å². The molecule has 3 N–H and O–H groups in total. The fourth-order valence-corrected chi connectivity index (χ4v) is 2.25. The quantitative estimate of drug-likeness (QED) is 0.185. The number of halogens is 1. The number of hydrogen-bond donors (Lipinski definition) is 3. The lowest BCUT2D eigenvalue weighted by Crippen LogP contribution is -2.42. The van der Waals surface area contributed by atoms with Crippen LogP contribution in [-0.2, 0) is 11.3 Å². The Bertz CT molecular complexity index is 648. The number of amides is 1. The summed E-state index contributed by atoms with van der Waals surface area (Å²) in [6, 6.07) is 7.96. The molecule has 0 fully saturated rings. The number of benzene rings is 1. The van der Waals surface area contributed by atoms with Crippen LogP contribution in [0.2, 0.25) is 0 Å². The van der Waals surface area contributed by atoms with E-state index in [1.54, 1.807) is 0 Å². The lowest BCUT2D eigenvalue weighted by molar-refractivity contribution is 0.0529. The lowest BCUT2D eigenvalue weighted by Gasteiger charge is -2.19. The van der Waals surface area contributed by atoms with Crippen molar-refractivity contribution in [3.8, 4) is 5.75 Å². The maximum Gasteiger partial charge on any atom is 0.407 e. The number of rotatable bonds is 10. The molecular formula is C21H38IN5O3. The van der Waals surface area contributed by atoms with Gasteiger partial charge in [-0.3, -0.25) is 0 Å². The van der Waals surface area contributed by atoms with Gasteiger partial charge in [-0.05, 0) is 59.5 Å². The van der Waals surface area contributed by atoms with E-state index in [0.717, 1.165) is 24.4 Å². The molecule has 0 aliphatic heterocycles. The Morgan fingerprint density at radius 3 is 2.47 bits per heavy atom. The highest BCUT2D eigenvalue weighted by atomic mass is 127. The summed E-state index contributed by atoms with van der Waals surface area (Å²) in [5.74, 6) is 1.54. The molecule has 0 radical (unpaired) electrons. The molecule has 8 nitrogen and oxygen atoms in total. The first-order valence-electron chi connectivity index (χ1n) is 10.0. The number of nitrogens with one attached hydrogen (secondary N) is 3. The molecule has 172 valence electrons. The van der Waals surface area contributed by atoms with Crippen LogP contribution >= 0.6 is 24.0 Å². The zero-order valence-corrected chi connectivity index (χ0v) is 21.4. The first-order valence-corrected chi connectivity index (χ1v) is 10.0. The summed E-state index contributed by atoms with van der Waals surface area (Å²) in [5, 5.41) is 9.12. The minimum Gasteiger partial charge on any atom is -0.492 e. The predicted octanol–water partition coefficient (Wildman–Crippen LogP) is 2.82. The molecular weight excluding hydrogens is 497 g/mol. The van der Waals surface area contributed by atoms with Crippen LogP contribution in [0.3, 0.4) is 0 Å². The molecule has 0 aliphatic rings. The molecule has 0 spiro atoms. The van der Waals surface area contributed by atoms with E-state index in [-0.39, 0.29) is 24.0 Å². The monoisotopic (exact) mass is 535 g/mol. The van der Waals surface area contributed by atoms with Crippen molar-refractivity contribution in [2.24, 2.45) is 4.99 Å². The first-order chi connectivity index (χ1) is 13.7. The van der Waals surface area contributed by atoms with E-state index in [1.165, 1.54) is 0 Å². The molecule has 0 saturated carbocycles. The molecule has 9 heteroatoms. The van der Waals surface area contributed by atoms with Crippen LogP contribution in [0.25, 0.3) is 0 Å². The van der Waals surface area contributed by atoms with Crippen molar-refractivity contribution in [3.63, 3.8) is 0 Å². The van der Waals surface area contributed by atoms with Crippen molar-refractivity contribution in [3.05, 3.63) is 29.8 Å². The van der Waals surface area contributed by atoms with Crippen LogP contribution in [-0.4, -0.2) is 69.4 Å². The number of guanidine groups is 1. The van der Waals surface area contributed by atoms with Gasteiger partial charge in [-0.25, -0.2) is 9.79 Å². The third kappa shape index (κ3) is 14.3. The number of carbonyl (C=O) groups excluding carboxylic acids is 1. The molecule has 0 heterocycles. The van der Waals surface area contributed by atoms with Gasteiger partial charge in [-0.2, -0.15) is 0 Å². The minimum atomic E-state index is -0.501. The molecule has 0 bridgehead atoms. The largest absolute Gasteiger partial charge is 0.492 e. The highest BCUT2D eigenvalue weighted by molar-refractivity contribution is 14.0. The first kappa shape index (κ1) is 28.2. The Hall–Kier alpha value is -1.75. The van der Waals surface area contributed by atoms with Gasteiger partial charge in [-0.1, -0.05) is 12.1 Å². The Morgan fingerprint density at radius 1 is 1.13 bits per heavy atom. The smallest absolute Gasteiger partial charge is 0.407 e. The number of hydrogen-bond acceptors (Lipinski definition) is 5. The number of carbonyl (C=O) groups is 1. The van der Waals surface area contributed by atoms with E-state index < -0.39 is 11.7 Å². The average Bonchev–Trinajstić information content (AvgIpc) is 2.61. The highest BCUT2D eigenvalue weighted by Gasteiger charge is 2.15. The van der Waals surface area contributed by atoms with E-state index in [0.29, 0.717) is 32.2 Å². The second kappa shape index (κ2) is 15.1. The second-order valence-electron chi connectivity index (χ2n) is 7.85. The van der Waals surface area contributed by atoms with Crippen LogP contribution < -0.4 is 20.7 Å². The van der Waals surface area contributed by atoms with Gasteiger partial charge in [0, 0.05) is 26.2 Å². The van der Waals surface area contributed by atoms with Gasteiger partial charge in [0.15, 0.2) is 5.96 Å². The summed E-state index contributed by atoms with van der Waals surface area (Å²) in [4.78, 5) is 18.3. The second-order valence-corrected chi connectivity index (χ2v) is 7.85. The normalized spacial score (nSPS) is 11.5. The Kier molecular flexibility index (Phi) is 14.2. The summed E-state index contributed by atoms with van der Waals surface area (Å²) in [7, 11) is 4.04. The maximum atomic E-state index is 11.7. The van der Waals surface area contributed by atoms with E-state index >= 15 is 0 Å². The zero-order valence-electron chi connectivity index (χ0n) is 19.1. The van der Waals surface area contributed by atoms with Gasteiger partial charge in [0.25, 0.3) is 0 Å². The van der Waals surface area contributed by atoms with Gasteiger partial charge in [0.1, 0.15) is 18.0 Å². The maximum absolute atomic E-state index is 11.7. The Balaban J connectivity index is 0.00000841. The molecule has 0 saturated heterocycles. The van der Waals surface area contributed by atoms with Crippen molar-refractivity contribution in [2.75, 3.05) is 46.9 Å². The van der Waals surface area contributed by atoms with Crippen molar-refractivity contribution >= 4 is 36.0 Å². The van der Waals surface area contributed by atoms with Crippen LogP contribution in [0, 0.1) is 0 Å². The van der Waals surface area contributed by atoms with Crippen molar-refractivity contribution < 1.29 is 14.3 Å². The fraction of sp³-hybridized carbons (Fsp3) is 0.619. The summed E-state index contributed by atoms with van der Waals surface area (Å²) in [6.45, 7) is 11.3. The van der Waals surface area contributed by atoms with E-state index in [9.17, 15) is 4.79 Å². The van der Waals surface area contributed by atoms with Crippen LogP contribution in [0.4, 0.5) is 4.79 Å². The zero-order chi connectivity index (χ0) is 21.7. The summed E-state index contributed by atoms with van der Waals surface area (Å²) >= 11 is 0. The summed E-state index contributed by atoms with van der Waals surface area (Å²) in [6.07, 6.45) is -0.424. The van der Waals surface area contributed by atoms with Gasteiger partial charge < -0.3 is 30.3 Å². The molecule has 0 unspecified atom stereocenters. The van der Waals surface area contributed by atoms with Gasteiger partial charge in [0.05, 0.1) is 6.54 Å². The SMILES string of the molecule is CCNC(=NCc1cccc(OCCN(C)C)c1)NCCNC(=O)OC(C)(C)C.I. The van der Waals surface area contributed by atoms with Crippen LogP contribution in [0.15, 0.2) is 29.3 Å². The Labute approximate surface area is 198 Å². The Morgan fingerprint density at radius 2 is 1.83 bits per heavy atom. The lowest BCUT2D eigenvalue weighted by atomic mass is 10.2. The summed E-state index contributed by atoms with van der Waals surface area (Å²) in [5.41, 5.74) is 0.565. The average molecular weight is 535 g/mol. The molecule has 0 atom stereocenters. The third-order valence-electron chi connectivity index (χ3n) is 3.56. The third-order valence-corrected chi connectivity index (χ3v) is 3.56. The van der Waals surface area contributed by atoms with Gasteiger partial charge in [0.2, 0.25) is 0 Å². The van der Waals surface area contributed by atoms with Gasteiger partial charge >= 0.3 is 6.09 Å². The number of ether oxygens (including phenoxy) is 2. The van der Waals surface area contributed by atoms with Crippen molar-refractivity contribution in [1.29, 1.82) is 0 Å². The standard InChI is InChI=1S/C21H37N5O3.HI/c1-7-22-19(23-11-12-24-20(27)29-21(2,3)4)25-16-17-9-8-10-18(15-17)28-14-13-26(5)6;/h8-10,15H,7,11-14,16H2,1-6H3,(H,24,27)(H2,22,23,25);1H. The fourth-order valence-electron chi connectivity index (χ4n) is 2.25. The predicted molar refractivity (Wildman–Crippen MR) is 133 cm³/mol. The van der Waals surface area contributed by atoms with Crippen LogP contribution in [0.1, 0.15) is 33.3 Å². The molecule has 1 aromatic rings. The number of likely N-dealkylation sites (N-methyl/N-ethyl adjacent to an activating group) is 1. The van der Waals surface area contributed by atoms with Crippen molar-refractivity contribution in [2.45, 2.75) is 39.8 Å². The molecule has 1 rings (SSSR count). The van der Waals surface area contributed by atoms with E-state index in [1.807, 2.05) is 66.1 Å². The molecule has 1 aromatic carbocycles. The molecule has 0 aromatic heterocycles. The highest BCUT2D eigenvalue weighted by Crippen LogP contribution is 2.14. The van der Waals surface area contributed by atoms with Crippen LogP contribution in [0.5, 0.6) is 5.75 Å².